The van der Waals surface area contributed by atoms with Gasteiger partial charge in [0.1, 0.15) is 5.82 Å². The summed E-state index contributed by atoms with van der Waals surface area (Å²) in [5.74, 6) is 0.524. The van der Waals surface area contributed by atoms with E-state index in [0.717, 1.165) is 28.0 Å². The molecule has 4 aromatic rings. The molecule has 0 unspecified atom stereocenters. The zero-order valence-electron chi connectivity index (χ0n) is 21.8. The number of carbonyl (C=O) groups excluding carboxylic acids is 2. The lowest BCUT2D eigenvalue weighted by molar-refractivity contribution is 0.0302. The first-order chi connectivity index (χ1) is 18.9. The number of anilines is 3. The molecule has 1 aliphatic rings. The smallest absolute Gasteiger partial charge is 0.319 e. The summed E-state index contributed by atoms with van der Waals surface area (Å²) in [6.07, 6.45) is 7.14. The maximum atomic E-state index is 12.8. The van der Waals surface area contributed by atoms with Crippen LogP contribution in [-0.4, -0.2) is 75.3 Å². The lowest BCUT2D eigenvalue weighted by Gasteiger charge is -2.26. The Morgan fingerprint density at radius 1 is 1.13 bits per heavy atom. The van der Waals surface area contributed by atoms with Crippen molar-refractivity contribution >= 4 is 34.8 Å². The van der Waals surface area contributed by atoms with Crippen molar-refractivity contribution in [3.05, 3.63) is 72.3 Å². The van der Waals surface area contributed by atoms with E-state index in [1.54, 1.807) is 36.4 Å². The van der Waals surface area contributed by atoms with Crippen molar-refractivity contribution in [2.75, 3.05) is 43.5 Å². The number of morpholine rings is 1. The summed E-state index contributed by atoms with van der Waals surface area (Å²) in [5.41, 5.74) is 5.38. The molecular formula is C28H31N7O4. The molecule has 0 saturated carbocycles. The van der Waals surface area contributed by atoms with Crippen LogP contribution in [0, 0.1) is 6.92 Å². The van der Waals surface area contributed by atoms with Crippen molar-refractivity contribution in [1.82, 2.24) is 24.6 Å². The van der Waals surface area contributed by atoms with E-state index in [9.17, 15) is 14.7 Å². The molecule has 0 spiro atoms. The third kappa shape index (κ3) is 5.84. The molecule has 11 heteroatoms. The summed E-state index contributed by atoms with van der Waals surface area (Å²) in [6.45, 7) is 5.76. The van der Waals surface area contributed by atoms with Crippen LogP contribution in [-0.2, 0) is 4.74 Å². The van der Waals surface area contributed by atoms with Gasteiger partial charge in [-0.15, -0.1) is 0 Å². The van der Waals surface area contributed by atoms with Gasteiger partial charge in [0.25, 0.3) is 5.91 Å². The number of benzene rings is 1. The Morgan fingerprint density at radius 2 is 1.95 bits per heavy atom. The first-order valence-electron chi connectivity index (χ1n) is 12.8. The van der Waals surface area contributed by atoms with Gasteiger partial charge in [-0.3, -0.25) is 4.79 Å². The number of aliphatic hydroxyl groups is 1. The highest BCUT2D eigenvalue weighted by Gasteiger charge is 2.19. The fourth-order valence-corrected chi connectivity index (χ4v) is 4.47. The monoisotopic (exact) mass is 529 g/mol. The standard InChI is InChI=1S/C28H31N7O4/c1-18(17-36)31-28(38)33-23-5-3-4-22(19(23)2)21-14-24(26-29-8-9-35(26)16-21)32-25-7-6-20(15-30-25)27(37)34-10-12-39-13-11-34/h3-9,14-16,18,36H,10-13,17H2,1-2H3,(H,30,32)(H2,31,33,38)/t18-/m1/s1. The van der Waals surface area contributed by atoms with Gasteiger partial charge >= 0.3 is 6.03 Å². The highest BCUT2D eigenvalue weighted by atomic mass is 16.5. The second-order valence-electron chi connectivity index (χ2n) is 9.42. The lowest BCUT2D eigenvalue weighted by Crippen LogP contribution is -2.40. The molecule has 4 heterocycles. The van der Waals surface area contributed by atoms with Crippen LogP contribution in [0.2, 0.25) is 0 Å². The predicted molar refractivity (Wildman–Crippen MR) is 148 cm³/mol. The van der Waals surface area contributed by atoms with E-state index in [-0.39, 0.29) is 24.6 Å². The molecule has 11 nitrogen and oxygen atoms in total. The summed E-state index contributed by atoms with van der Waals surface area (Å²) in [4.78, 5) is 35.8. The number of ether oxygens (including phenoxy) is 1. The Balaban J connectivity index is 1.40. The summed E-state index contributed by atoms with van der Waals surface area (Å²) >= 11 is 0. The van der Waals surface area contributed by atoms with Crippen molar-refractivity contribution in [2.45, 2.75) is 19.9 Å². The number of nitrogens with zero attached hydrogens (tertiary/aromatic N) is 4. The van der Waals surface area contributed by atoms with E-state index in [1.807, 2.05) is 48.0 Å². The number of urea groups is 1. The molecule has 1 aromatic carbocycles. The van der Waals surface area contributed by atoms with Crippen molar-refractivity contribution in [3.8, 4) is 11.1 Å². The van der Waals surface area contributed by atoms with Crippen LogP contribution >= 0.6 is 0 Å². The van der Waals surface area contributed by atoms with Crippen LogP contribution in [0.25, 0.3) is 16.8 Å². The molecule has 0 aliphatic carbocycles. The topological polar surface area (TPSA) is 133 Å². The molecular weight excluding hydrogens is 498 g/mol. The van der Waals surface area contributed by atoms with Crippen LogP contribution in [0.5, 0.6) is 0 Å². The van der Waals surface area contributed by atoms with Gasteiger partial charge in [-0.2, -0.15) is 0 Å². The summed E-state index contributed by atoms with van der Waals surface area (Å²) < 4.78 is 7.25. The van der Waals surface area contributed by atoms with Gasteiger partial charge in [-0.25, -0.2) is 14.8 Å². The molecule has 1 atom stereocenters. The SMILES string of the molecule is Cc1c(NC(=O)N[C@H](C)CO)cccc1-c1cc(Nc2ccc(C(=O)N3CCOCC3)cn2)c2nccn2c1. The molecule has 39 heavy (non-hydrogen) atoms. The first-order valence-corrected chi connectivity index (χ1v) is 12.8. The number of aliphatic hydroxyl groups excluding tert-OH is 1. The van der Waals surface area contributed by atoms with Gasteiger partial charge < -0.3 is 35.1 Å². The lowest BCUT2D eigenvalue weighted by atomic mass is 10.00. The van der Waals surface area contributed by atoms with E-state index >= 15 is 0 Å². The molecule has 3 amide bonds. The second kappa shape index (κ2) is 11.5. The number of fused-ring (bicyclic) bond motifs is 1. The Hall–Kier alpha value is -4.48. The Labute approximate surface area is 225 Å². The third-order valence-electron chi connectivity index (χ3n) is 6.60. The van der Waals surface area contributed by atoms with Crippen LogP contribution in [0.1, 0.15) is 22.8 Å². The van der Waals surface area contributed by atoms with E-state index in [1.165, 1.54) is 0 Å². The van der Waals surface area contributed by atoms with E-state index < -0.39 is 0 Å². The minimum absolute atomic E-state index is 0.0570. The van der Waals surface area contributed by atoms with Gasteiger partial charge in [0.05, 0.1) is 37.1 Å². The quantitative estimate of drug-likeness (QED) is 0.288. The maximum absolute atomic E-state index is 12.8. The van der Waals surface area contributed by atoms with Gasteiger partial charge in [-0.1, -0.05) is 12.1 Å². The highest BCUT2D eigenvalue weighted by molar-refractivity contribution is 5.94. The molecule has 202 valence electrons. The van der Waals surface area contributed by atoms with Crippen LogP contribution in [0.15, 0.2) is 61.2 Å². The first kappa shape index (κ1) is 26.1. The van der Waals surface area contributed by atoms with Gasteiger partial charge in [0.2, 0.25) is 0 Å². The fraction of sp³-hybridized carbons (Fsp3) is 0.286. The Bertz CT molecular complexity index is 1480. The number of aromatic nitrogens is 3. The van der Waals surface area contributed by atoms with E-state index in [2.05, 4.69) is 25.9 Å². The average Bonchev–Trinajstić information content (AvgIpc) is 3.44. The van der Waals surface area contributed by atoms with Crippen LogP contribution in [0.4, 0.5) is 22.0 Å². The summed E-state index contributed by atoms with van der Waals surface area (Å²) in [6, 6.07) is 10.5. The predicted octanol–water partition coefficient (Wildman–Crippen LogP) is 3.42. The average molecular weight is 530 g/mol. The molecule has 4 N–H and O–H groups in total. The molecule has 0 radical (unpaired) electrons. The molecule has 1 aliphatic heterocycles. The molecule has 3 aromatic heterocycles. The number of rotatable bonds is 7. The van der Waals surface area contributed by atoms with Gasteiger partial charge in [0.15, 0.2) is 5.65 Å². The van der Waals surface area contributed by atoms with E-state index in [4.69, 9.17) is 4.74 Å². The molecule has 5 rings (SSSR count). The number of amides is 3. The normalized spacial score (nSPS) is 14.2. The van der Waals surface area contributed by atoms with Gasteiger partial charge in [0, 0.05) is 49.1 Å². The van der Waals surface area contributed by atoms with Crippen molar-refractivity contribution < 1.29 is 19.4 Å². The zero-order chi connectivity index (χ0) is 27.4. The largest absolute Gasteiger partial charge is 0.394 e. The minimum Gasteiger partial charge on any atom is -0.394 e. The molecule has 1 fully saturated rings. The minimum atomic E-state index is -0.383. The number of pyridine rings is 2. The van der Waals surface area contributed by atoms with Gasteiger partial charge in [-0.05, 0) is 49.2 Å². The number of nitrogens with one attached hydrogen (secondary N) is 3. The number of hydrogen-bond acceptors (Lipinski definition) is 7. The zero-order valence-corrected chi connectivity index (χ0v) is 21.8. The maximum Gasteiger partial charge on any atom is 0.319 e. The number of carbonyl (C=O) groups is 2. The van der Waals surface area contributed by atoms with Crippen LogP contribution in [0.3, 0.4) is 0 Å². The molecule has 0 bridgehead atoms. The second-order valence-corrected chi connectivity index (χ2v) is 9.42. The Kier molecular flexibility index (Phi) is 7.71. The van der Waals surface area contributed by atoms with Crippen LogP contribution < -0.4 is 16.0 Å². The van der Waals surface area contributed by atoms with E-state index in [0.29, 0.717) is 43.4 Å². The number of imidazole rings is 1. The van der Waals surface area contributed by atoms with Crippen molar-refractivity contribution in [3.63, 3.8) is 0 Å². The third-order valence-corrected chi connectivity index (χ3v) is 6.60. The van der Waals surface area contributed by atoms with Crippen molar-refractivity contribution in [1.29, 1.82) is 0 Å². The fourth-order valence-electron chi connectivity index (χ4n) is 4.47. The summed E-state index contributed by atoms with van der Waals surface area (Å²) in [7, 11) is 0. The van der Waals surface area contributed by atoms with Crippen molar-refractivity contribution in [2.24, 2.45) is 0 Å². The number of hydrogen-bond donors (Lipinski definition) is 4. The molecule has 1 saturated heterocycles. The Morgan fingerprint density at radius 3 is 2.69 bits per heavy atom. The highest BCUT2D eigenvalue weighted by Crippen LogP contribution is 2.32. The summed E-state index contributed by atoms with van der Waals surface area (Å²) in [5, 5.41) is 18.1.